The Morgan fingerprint density at radius 2 is 2.20 bits per heavy atom. The van der Waals surface area contributed by atoms with Gasteiger partial charge in [-0.1, -0.05) is 28.1 Å². The van der Waals surface area contributed by atoms with Crippen LogP contribution in [-0.2, 0) is 6.54 Å². The maximum atomic E-state index is 4.56. The lowest BCUT2D eigenvalue weighted by atomic mass is 10.2. The van der Waals surface area contributed by atoms with Crippen molar-refractivity contribution in [1.29, 1.82) is 0 Å². The fourth-order valence-electron chi connectivity index (χ4n) is 2.48. The molecule has 5 heteroatoms. The summed E-state index contributed by atoms with van der Waals surface area (Å²) in [5.41, 5.74) is 1.19. The van der Waals surface area contributed by atoms with Gasteiger partial charge in [0.15, 0.2) is 0 Å². The Morgan fingerprint density at radius 1 is 1.40 bits per heavy atom. The van der Waals surface area contributed by atoms with Crippen LogP contribution in [0.1, 0.15) is 11.8 Å². The zero-order valence-electron chi connectivity index (χ0n) is 11.5. The van der Waals surface area contributed by atoms with Gasteiger partial charge in [0.2, 0.25) is 0 Å². The molecule has 3 rings (SSSR count). The Labute approximate surface area is 132 Å². The van der Waals surface area contributed by atoms with Gasteiger partial charge in [-0.25, -0.2) is 4.98 Å². The number of nitrogens with one attached hydrogen (secondary N) is 1. The maximum absolute atomic E-state index is 4.56. The van der Waals surface area contributed by atoms with Crippen molar-refractivity contribution in [3.8, 4) is 10.6 Å². The number of rotatable bonds is 3. The number of nitrogens with zero attached hydrogens (tertiary/aromatic N) is 2. The molecule has 0 bridgehead atoms. The van der Waals surface area contributed by atoms with Crippen molar-refractivity contribution in [3.63, 3.8) is 0 Å². The molecule has 3 nitrogen and oxygen atoms in total. The van der Waals surface area contributed by atoms with Crippen molar-refractivity contribution >= 4 is 27.3 Å². The first-order valence-electron chi connectivity index (χ1n) is 6.87. The molecule has 0 aliphatic carbocycles. The minimum absolute atomic E-state index is 0.586. The molecule has 1 atom stereocenters. The number of benzene rings is 1. The van der Waals surface area contributed by atoms with Crippen LogP contribution in [-0.4, -0.2) is 35.6 Å². The second-order valence-corrected chi connectivity index (χ2v) is 7.26. The van der Waals surface area contributed by atoms with E-state index in [1.807, 2.05) is 6.20 Å². The smallest absolute Gasteiger partial charge is 0.123 e. The van der Waals surface area contributed by atoms with Gasteiger partial charge in [0.25, 0.3) is 0 Å². The van der Waals surface area contributed by atoms with E-state index < -0.39 is 0 Å². The lowest BCUT2D eigenvalue weighted by molar-refractivity contribution is 0.201. The van der Waals surface area contributed by atoms with Crippen LogP contribution in [0.4, 0.5) is 0 Å². The van der Waals surface area contributed by atoms with Crippen LogP contribution in [0.5, 0.6) is 0 Å². The summed E-state index contributed by atoms with van der Waals surface area (Å²) in [6.07, 6.45) is 2.02. The van der Waals surface area contributed by atoms with E-state index in [-0.39, 0.29) is 0 Å². The molecule has 0 amide bonds. The van der Waals surface area contributed by atoms with Crippen LogP contribution < -0.4 is 5.32 Å². The van der Waals surface area contributed by atoms with E-state index >= 15 is 0 Å². The summed E-state index contributed by atoms with van der Waals surface area (Å²) in [5, 5.41) is 4.58. The van der Waals surface area contributed by atoms with Crippen molar-refractivity contribution in [2.75, 3.05) is 19.6 Å². The highest BCUT2D eigenvalue weighted by molar-refractivity contribution is 9.10. The molecule has 1 aromatic carbocycles. The average molecular weight is 352 g/mol. The normalized spacial score (nSPS) is 20.2. The first kappa shape index (κ1) is 14.2. The number of aromatic nitrogens is 1. The standard InChI is InChI=1S/C15H18BrN3S/c1-11-9-19(7-6-17-11)10-14-8-18-15(20-14)12-2-4-13(16)5-3-12/h2-5,8,11,17H,6-7,9-10H2,1H3/t11-/m0/s1. The van der Waals surface area contributed by atoms with Gasteiger partial charge in [0.1, 0.15) is 5.01 Å². The van der Waals surface area contributed by atoms with E-state index in [0.29, 0.717) is 6.04 Å². The summed E-state index contributed by atoms with van der Waals surface area (Å²) in [4.78, 5) is 8.41. The second-order valence-electron chi connectivity index (χ2n) is 5.23. The molecule has 1 saturated heterocycles. The van der Waals surface area contributed by atoms with Crippen LogP contribution in [0.15, 0.2) is 34.9 Å². The summed E-state index contributed by atoms with van der Waals surface area (Å²) in [6.45, 7) is 6.58. The summed E-state index contributed by atoms with van der Waals surface area (Å²) in [7, 11) is 0. The maximum Gasteiger partial charge on any atom is 0.123 e. The second kappa shape index (κ2) is 6.35. The molecule has 0 unspecified atom stereocenters. The third-order valence-electron chi connectivity index (χ3n) is 3.48. The fourth-order valence-corrected chi connectivity index (χ4v) is 3.71. The third kappa shape index (κ3) is 3.47. The number of halogens is 1. The van der Waals surface area contributed by atoms with Crippen molar-refractivity contribution < 1.29 is 0 Å². The van der Waals surface area contributed by atoms with Gasteiger partial charge in [-0.15, -0.1) is 11.3 Å². The van der Waals surface area contributed by atoms with Crippen molar-refractivity contribution in [3.05, 3.63) is 39.8 Å². The molecule has 1 aromatic heterocycles. The molecule has 2 aromatic rings. The van der Waals surface area contributed by atoms with E-state index in [9.17, 15) is 0 Å². The molecule has 106 valence electrons. The van der Waals surface area contributed by atoms with Crippen LogP contribution in [0, 0.1) is 0 Å². The van der Waals surface area contributed by atoms with Crippen molar-refractivity contribution in [2.24, 2.45) is 0 Å². The molecule has 0 radical (unpaired) electrons. The summed E-state index contributed by atoms with van der Waals surface area (Å²) in [6, 6.07) is 8.93. The molecule has 1 fully saturated rings. The quantitative estimate of drug-likeness (QED) is 0.918. The van der Waals surface area contributed by atoms with E-state index in [1.165, 1.54) is 10.4 Å². The molecule has 1 aliphatic rings. The largest absolute Gasteiger partial charge is 0.312 e. The van der Waals surface area contributed by atoms with E-state index in [2.05, 4.69) is 62.3 Å². The topological polar surface area (TPSA) is 28.2 Å². The summed E-state index contributed by atoms with van der Waals surface area (Å²) >= 11 is 5.26. The minimum atomic E-state index is 0.586. The lowest BCUT2D eigenvalue weighted by Gasteiger charge is -2.31. The number of thiazole rings is 1. The minimum Gasteiger partial charge on any atom is -0.312 e. The predicted octanol–water partition coefficient (Wildman–Crippen LogP) is 3.37. The molecule has 0 spiro atoms. The van der Waals surface area contributed by atoms with E-state index in [4.69, 9.17) is 0 Å². The molecular weight excluding hydrogens is 334 g/mol. The Morgan fingerprint density at radius 3 is 2.95 bits per heavy atom. The van der Waals surface area contributed by atoms with E-state index in [1.54, 1.807) is 11.3 Å². The van der Waals surface area contributed by atoms with Gasteiger partial charge in [0, 0.05) is 53.3 Å². The first-order chi connectivity index (χ1) is 9.70. The molecule has 1 N–H and O–H groups in total. The zero-order valence-corrected chi connectivity index (χ0v) is 13.9. The molecule has 1 aliphatic heterocycles. The highest BCUT2D eigenvalue weighted by Gasteiger charge is 2.16. The van der Waals surface area contributed by atoms with Gasteiger partial charge >= 0.3 is 0 Å². The van der Waals surface area contributed by atoms with Crippen LogP contribution in [0.2, 0.25) is 0 Å². The number of piperazine rings is 1. The zero-order chi connectivity index (χ0) is 13.9. The van der Waals surface area contributed by atoms with Crippen LogP contribution in [0.25, 0.3) is 10.6 Å². The predicted molar refractivity (Wildman–Crippen MR) is 88.0 cm³/mol. The van der Waals surface area contributed by atoms with Crippen LogP contribution >= 0.6 is 27.3 Å². The van der Waals surface area contributed by atoms with E-state index in [0.717, 1.165) is 35.7 Å². The van der Waals surface area contributed by atoms with Gasteiger partial charge in [-0.3, -0.25) is 4.90 Å². The SMILES string of the molecule is C[C@H]1CN(Cc2cnc(-c3ccc(Br)cc3)s2)CCN1. The molecule has 20 heavy (non-hydrogen) atoms. The molecule has 2 heterocycles. The number of hydrogen-bond donors (Lipinski definition) is 1. The van der Waals surface area contributed by atoms with Crippen LogP contribution in [0.3, 0.4) is 0 Å². The molecule has 0 saturated carbocycles. The lowest BCUT2D eigenvalue weighted by Crippen LogP contribution is -2.48. The van der Waals surface area contributed by atoms with Gasteiger partial charge in [-0.05, 0) is 19.1 Å². The Hall–Kier alpha value is -0.750. The first-order valence-corrected chi connectivity index (χ1v) is 8.48. The average Bonchev–Trinajstić information content (AvgIpc) is 2.88. The fraction of sp³-hybridized carbons (Fsp3) is 0.400. The highest BCUT2D eigenvalue weighted by Crippen LogP contribution is 2.27. The summed E-state index contributed by atoms with van der Waals surface area (Å²) < 4.78 is 1.10. The van der Waals surface area contributed by atoms with Gasteiger partial charge < -0.3 is 5.32 Å². The van der Waals surface area contributed by atoms with Crippen molar-refractivity contribution in [1.82, 2.24) is 15.2 Å². The highest BCUT2D eigenvalue weighted by atomic mass is 79.9. The Kier molecular flexibility index (Phi) is 4.51. The Balaban J connectivity index is 1.69. The monoisotopic (exact) mass is 351 g/mol. The third-order valence-corrected chi connectivity index (χ3v) is 5.04. The summed E-state index contributed by atoms with van der Waals surface area (Å²) in [5.74, 6) is 0. The molecular formula is C15H18BrN3S. The van der Waals surface area contributed by atoms with Crippen molar-refractivity contribution in [2.45, 2.75) is 19.5 Å². The number of hydrogen-bond acceptors (Lipinski definition) is 4. The Bertz CT molecular complexity index is 567. The van der Waals surface area contributed by atoms with Gasteiger partial charge in [-0.2, -0.15) is 0 Å². The van der Waals surface area contributed by atoms with Gasteiger partial charge in [0.05, 0.1) is 0 Å².